The van der Waals surface area contributed by atoms with Crippen LogP contribution in [0.3, 0.4) is 0 Å². The summed E-state index contributed by atoms with van der Waals surface area (Å²) in [7, 11) is 0. The summed E-state index contributed by atoms with van der Waals surface area (Å²) in [6, 6.07) is 16.8. The zero-order chi connectivity index (χ0) is 20.6. The monoisotopic (exact) mass is 389 g/mol. The van der Waals surface area contributed by atoms with Crippen LogP contribution in [0.15, 0.2) is 60.7 Å². The third-order valence-corrected chi connectivity index (χ3v) is 3.91. The molecule has 1 N–H and O–H groups in total. The summed E-state index contributed by atoms with van der Waals surface area (Å²) in [5, 5.41) is 2.82. The second kappa shape index (κ2) is 9.50. The lowest BCUT2D eigenvalue weighted by molar-refractivity contribution is -0.111. The number of carbonyl (C=O) groups excluding carboxylic acids is 1. The molecule has 0 radical (unpaired) electrons. The van der Waals surface area contributed by atoms with E-state index in [1.807, 2.05) is 51.1 Å². The van der Waals surface area contributed by atoms with E-state index in [4.69, 9.17) is 9.47 Å². The van der Waals surface area contributed by atoms with Crippen LogP contribution in [0.1, 0.15) is 23.9 Å². The highest BCUT2D eigenvalue weighted by Crippen LogP contribution is 2.21. The number of ether oxygens (including phenoxy) is 2. The summed E-state index contributed by atoms with van der Waals surface area (Å²) < 4.78 is 11.1. The smallest absolute Gasteiger partial charge is 0.322 e. The Morgan fingerprint density at radius 1 is 0.966 bits per heavy atom. The highest BCUT2D eigenvalue weighted by molar-refractivity contribution is 6.01. The van der Waals surface area contributed by atoms with E-state index in [1.165, 1.54) is 6.08 Å². The van der Waals surface area contributed by atoms with Gasteiger partial charge in [-0.1, -0.05) is 12.1 Å². The van der Waals surface area contributed by atoms with Crippen LogP contribution in [0.4, 0.5) is 5.69 Å². The number of hydrogen-bond donors (Lipinski definition) is 1. The Balaban J connectivity index is 1.56. The van der Waals surface area contributed by atoms with Gasteiger partial charge in [-0.15, -0.1) is 0 Å². The molecular weight excluding hydrogens is 366 g/mol. The minimum atomic E-state index is -0.217. The van der Waals surface area contributed by atoms with Crippen LogP contribution >= 0.6 is 0 Å². The number of aromatic nitrogens is 2. The van der Waals surface area contributed by atoms with Crippen molar-refractivity contribution in [3.05, 3.63) is 77.6 Å². The molecule has 3 rings (SSSR count). The molecule has 29 heavy (non-hydrogen) atoms. The van der Waals surface area contributed by atoms with Crippen molar-refractivity contribution in [1.29, 1.82) is 0 Å². The molecule has 6 nitrogen and oxygen atoms in total. The molecule has 2 aromatic carbocycles. The zero-order valence-electron chi connectivity index (χ0n) is 16.7. The Bertz CT molecular complexity index is 977. The number of amides is 1. The van der Waals surface area contributed by atoms with Crippen LogP contribution in [0.5, 0.6) is 17.5 Å². The minimum Gasteiger partial charge on any atom is -0.494 e. The van der Waals surface area contributed by atoms with E-state index in [-0.39, 0.29) is 5.91 Å². The number of carbonyl (C=O) groups is 1. The number of nitrogens with zero attached hydrogens (tertiary/aromatic N) is 2. The van der Waals surface area contributed by atoms with Gasteiger partial charge in [-0.2, -0.15) is 0 Å². The van der Waals surface area contributed by atoms with Crippen LogP contribution in [0, 0.1) is 13.8 Å². The summed E-state index contributed by atoms with van der Waals surface area (Å²) in [4.78, 5) is 20.6. The summed E-state index contributed by atoms with van der Waals surface area (Å²) in [6.45, 7) is 6.34. The number of hydrogen-bond acceptors (Lipinski definition) is 5. The molecule has 0 saturated heterocycles. The zero-order valence-corrected chi connectivity index (χ0v) is 16.7. The molecule has 0 saturated carbocycles. The van der Waals surface area contributed by atoms with Gasteiger partial charge in [0.15, 0.2) is 0 Å². The molecule has 1 heterocycles. The average molecular weight is 389 g/mol. The average Bonchev–Trinajstić information content (AvgIpc) is 2.68. The van der Waals surface area contributed by atoms with Crippen molar-refractivity contribution >= 4 is 17.7 Å². The van der Waals surface area contributed by atoms with Gasteiger partial charge in [0.05, 0.1) is 6.61 Å². The summed E-state index contributed by atoms with van der Waals surface area (Å²) in [5.74, 6) is 1.19. The van der Waals surface area contributed by atoms with E-state index in [0.29, 0.717) is 24.1 Å². The molecule has 0 unspecified atom stereocenters. The highest BCUT2D eigenvalue weighted by atomic mass is 16.5. The lowest BCUT2D eigenvalue weighted by Crippen LogP contribution is -2.07. The number of benzene rings is 2. The van der Waals surface area contributed by atoms with Crippen molar-refractivity contribution in [3.63, 3.8) is 0 Å². The van der Waals surface area contributed by atoms with Gasteiger partial charge in [-0.3, -0.25) is 4.79 Å². The first-order valence-electron chi connectivity index (χ1n) is 9.34. The quantitative estimate of drug-likeness (QED) is 0.580. The summed E-state index contributed by atoms with van der Waals surface area (Å²) in [6.07, 6.45) is 3.24. The Labute approximate surface area is 170 Å². The minimum absolute atomic E-state index is 0.217. The molecule has 148 valence electrons. The normalized spacial score (nSPS) is 10.7. The number of nitrogens with one attached hydrogen (secondary N) is 1. The van der Waals surface area contributed by atoms with E-state index >= 15 is 0 Å². The summed E-state index contributed by atoms with van der Waals surface area (Å²) in [5.41, 5.74) is 3.27. The molecule has 0 aliphatic carbocycles. The van der Waals surface area contributed by atoms with Crippen LogP contribution in [-0.4, -0.2) is 22.5 Å². The molecule has 0 fully saturated rings. The van der Waals surface area contributed by atoms with Crippen LogP contribution < -0.4 is 14.8 Å². The standard InChI is InChI=1S/C23H23N3O3/c1-4-28-20-10-5-18(6-11-20)7-14-22(27)26-19-8-12-21(13-9-19)29-23-24-16(2)15-17(3)25-23/h5-15H,4H2,1-3H3,(H,26,27)/b14-7+. The van der Waals surface area contributed by atoms with Crippen molar-refractivity contribution < 1.29 is 14.3 Å². The third kappa shape index (κ3) is 6.17. The molecule has 0 aliphatic heterocycles. The molecule has 1 amide bonds. The predicted molar refractivity (Wildman–Crippen MR) is 113 cm³/mol. The fourth-order valence-electron chi connectivity index (χ4n) is 2.65. The highest BCUT2D eigenvalue weighted by Gasteiger charge is 2.04. The molecule has 0 bridgehead atoms. The first-order valence-corrected chi connectivity index (χ1v) is 9.34. The van der Waals surface area contributed by atoms with Crippen LogP contribution in [0.25, 0.3) is 6.08 Å². The molecule has 0 aliphatic rings. The second-order valence-electron chi connectivity index (χ2n) is 6.38. The van der Waals surface area contributed by atoms with E-state index in [2.05, 4.69) is 15.3 Å². The van der Waals surface area contributed by atoms with Gasteiger partial charge in [0, 0.05) is 23.2 Å². The van der Waals surface area contributed by atoms with E-state index in [0.717, 1.165) is 22.7 Å². The molecule has 3 aromatic rings. The maximum Gasteiger partial charge on any atom is 0.322 e. The van der Waals surface area contributed by atoms with E-state index in [1.54, 1.807) is 30.3 Å². The number of rotatable bonds is 7. The van der Waals surface area contributed by atoms with Crippen LogP contribution in [0.2, 0.25) is 0 Å². The first-order chi connectivity index (χ1) is 14.0. The van der Waals surface area contributed by atoms with Gasteiger partial charge in [0.25, 0.3) is 0 Å². The largest absolute Gasteiger partial charge is 0.494 e. The van der Waals surface area contributed by atoms with E-state index < -0.39 is 0 Å². The topological polar surface area (TPSA) is 73.3 Å². The molecule has 1 aromatic heterocycles. The SMILES string of the molecule is CCOc1ccc(/C=C/C(=O)Nc2ccc(Oc3nc(C)cc(C)n3)cc2)cc1. The van der Waals surface area contributed by atoms with Crippen molar-refractivity contribution in [3.8, 4) is 17.5 Å². The maximum atomic E-state index is 12.1. The van der Waals surface area contributed by atoms with Gasteiger partial charge in [0.2, 0.25) is 5.91 Å². The van der Waals surface area contributed by atoms with Gasteiger partial charge < -0.3 is 14.8 Å². The van der Waals surface area contributed by atoms with E-state index in [9.17, 15) is 4.79 Å². The van der Waals surface area contributed by atoms with Crippen molar-refractivity contribution in [2.75, 3.05) is 11.9 Å². The third-order valence-electron chi connectivity index (χ3n) is 3.91. The fraction of sp³-hybridized carbons (Fsp3) is 0.174. The Hall–Kier alpha value is -3.67. The maximum absolute atomic E-state index is 12.1. The Morgan fingerprint density at radius 2 is 1.59 bits per heavy atom. The number of anilines is 1. The Kier molecular flexibility index (Phi) is 6.58. The lowest BCUT2D eigenvalue weighted by Gasteiger charge is -2.07. The first kappa shape index (κ1) is 20.1. The van der Waals surface area contributed by atoms with Gasteiger partial charge >= 0.3 is 6.01 Å². The van der Waals surface area contributed by atoms with Gasteiger partial charge in [-0.25, -0.2) is 9.97 Å². The van der Waals surface area contributed by atoms with Crippen LogP contribution in [-0.2, 0) is 4.79 Å². The molecule has 0 atom stereocenters. The van der Waals surface area contributed by atoms with Gasteiger partial charge in [-0.05, 0) is 74.9 Å². The number of aryl methyl sites for hydroxylation is 2. The Morgan fingerprint density at radius 3 is 2.21 bits per heavy atom. The molecule has 6 heteroatoms. The predicted octanol–water partition coefficient (Wildman–Crippen LogP) is 4.94. The second-order valence-corrected chi connectivity index (χ2v) is 6.38. The summed E-state index contributed by atoms with van der Waals surface area (Å²) >= 11 is 0. The van der Waals surface area contributed by atoms with Crippen molar-refractivity contribution in [2.45, 2.75) is 20.8 Å². The van der Waals surface area contributed by atoms with Gasteiger partial charge in [0.1, 0.15) is 11.5 Å². The van der Waals surface area contributed by atoms with Crippen molar-refractivity contribution in [2.24, 2.45) is 0 Å². The fourth-order valence-corrected chi connectivity index (χ4v) is 2.65. The lowest BCUT2D eigenvalue weighted by atomic mass is 10.2. The van der Waals surface area contributed by atoms with Crippen molar-refractivity contribution in [1.82, 2.24) is 9.97 Å². The molecular formula is C23H23N3O3. The molecule has 0 spiro atoms.